The Hall–Kier alpha value is -4.02. The van der Waals surface area contributed by atoms with Gasteiger partial charge in [0.25, 0.3) is 16.8 Å². The number of methoxy groups -OCH3 is 1. The van der Waals surface area contributed by atoms with Gasteiger partial charge in [-0.05, 0) is 77.5 Å². The number of carbonyl (C=O) groups is 2. The second-order valence-electron chi connectivity index (χ2n) is 7.76. The van der Waals surface area contributed by atoms with Crippen LogP contribution in [0.3, 0.4) is 0 Å². The first-order valence-electron chi connectivity index (χ1n) is 11.0. The molecule has 2 amide bonds. The van der Waals surface area contributed by atoms with Crippen LogP contribution in [0.25, 0.3) is 6.08 Å². The van der Waals surface area contributed by atoms with E-state index in [1.165, 1.54) is 19.2 Å². The lowest BCUT2D eigenvalue weighted by Crippen LogP contribution is -2.32. The Morgan fingerprint density at radius 2 is 1.73 bits per heavy atom. The van der Waals surface area contributed by atoms with Gasteiger partial charge in [-0.25, -0.2) is 0 Å². The molecule has 0 N–H and O–H groups in total. The molecule has 0 saturated carbocycles. The molecule has 0 aliphatic carbocycles. The van der Waals surface area contributed by atoms with Crippen LogP contribution in [0.5, 0.6) is 17.2 Å². The summed E-state index contributed by atoms with van der Waals surface area (Å²) < 4.78 is 16.8. The molecule has 1 heterocycles. The Kier molecular flexibility index (Phi) is 8.32. The molecule has 4 rings (SSSR count). The third kappa shape index (κ3) is 6.60. The van der Waals surface area contributed by atoms with Gasteiger partial charge in [0.15, 0.2) is 11.5 Å². The molecule has 0 bridgehead atoms. The van der Waals surface area contributed by atoms with Crippen molar-refractivity contribution in [3.05, 3.63) is 97.9 Å². The number of thioether (sulfide) groups is 1. The molecule has 1 fully saturated rings. The highest BCUT2D eigenvalue weighted by atomic mass is 35.5. The molecule has 9 nitrogen and oxygen atoms in total. The monoisotopic (exact) mass is 540 g/mol. The van der Waals surface area contributed by atoms with Crippen molar-refractivity contribution in [2.24, 2.45) is 0 Å². The van der Waals surface area contributed by atoms with Crippen LogP contribution in [0, 0.1) is 10.1 Å². The number of hydrogen-bond acceptors (Lipinski definition) is 8. The fourth-order valence-electron chi connectivity index (χ4n) is 3.40. The van der Waals surface area contributed by atoms with Gasteiger partial charge in [0.05, 0.1) is 23.5 Å². The topological polar surface area (TPSA) is 108 Å². The summed E-state index contributed by atoms with van der Waals surface area (Å²) in [5.74, 6) is 1.10. The van der Waals surface area contributed by atoms with E-state index in [-0.39, 0.29) is 35.6 Å². The lowest BCUT2D eigenvalue weighted by atomic mass is 10.1. The third-order valence-corrected chi connectivity index (χ3v) is 6.46. The van der Waals surface area contributed by atoms with E-state index in [1.807, 2.05) is 0 Å². The fraction of sp³-hybridized carbons (Fsp3) is 0.154. The van der Waals surface area contributed by atoms with Crippen molar-refractivity contribution in [1.82, 2.24) is 4.90 Å². The highest BCUT2D eigenvalue weighted by Crippen LogP contribution is 2.35. The molecule has 0 atom stereocenters. The van der Waals surface area contributed by atoms with Crippen molar-refractivity contribution in [3.63, 3.8) is 0 Å². The van der Waals surface area contributed by atoms with Crippen molar-refractivity contribution in [1.29, 1.82) is 0 Å². The van der Waals surface area contributed by atoms with Gasteiger partial charge in [0, 0.05) is 17.2 Å². The van der Waals surface area contributed by atoms with Crippen molar-refractivity contribution < 1.29 is 28.7 Å². The molecule has 3 aromatic carbocycles. The van der Waals surface area contributed by atoms with Gasteiger partial charge in [-0.3, -0.25) is 24.6 Å². The summed E-state index contributed by atoms with van der Waals surface area (Å²) in [5.41, 5.74) is 1.41. The molecule has 11 heteroatoms. The summed E-state index contributed by atoms with van der Waals surface area (Å²) >= 11 is 6.72. The molecular formula is C26H21ClN2O7S. The minimum Gasteiger partial charge on any atom is -0.493 e. The normalized spacial score (nSPS) is 14.2. The number of halogens is 1. The van der Waals surface area contributed by atoms with Crippen molar-refractivity contribution >= 4 is 46.3 Å². The molecule has 3 aromatic rings. The average molecular weight is 541 g/mol. The highest BCUT2D eigenvalue weighted by Gasteiger charge is 2.34. The van der Waals surface area contributed by atoms with E-state index in [4.69, 9.17) is 25.8 Å². The smallest absolute Gasteiger partial charge is 0.293 e. The average Bonchev–Trinajstić information content (AvgIpc) is 3.16. The first kappa shape index (κ1) is 26.1. The van der Waals surface area contributed by atoms with Crippen LogP contribution in [0.4, 0.5) is 10.5 Å². The Bertz CT molecular complexity index is 1340. The minimum absolute atomic E-state index is 0.00387. The van der Waals surface area contributed by atoms with E-state index in [0.29, 0.717) is 27.8 Å². The molecule has 37 heavy (non-hydrogen) atoms. The van der Waals surface area contributed by atoms with Crippen LogP contribution in [-0.2, 0) is 11.4 Å². The van der Waals surface area contributed by atoms with Crippen LogP contribution in [-0.4, -0.2) is 41.2 Å². The lowest BCUT2D eigenvalue weighted by Gasteiger charge is -2.13. The molecule has 1 saturated heterocycles. The first-order valence-corrected chi connectivity index (χ1v) is 12.2. The van der Waals surface area contributed by atoms with Crippen LogP contribution >= 0.6 is 23.4 Å². The van der Waals surface area contributed by atoms with Crippen LogP contribution in [0.15, 0.2) is 71.6 Å². The Morgan fingerprint density at radius 1 is 1.00 bits per heavy atom. The number of non-ortho nitro benzene ring substituents is 1. The Labute approximate surface area is 221 Å². The maximum atomic E-state index is 12.8. The second-order valence-corrected chi connectivity index (χ2v) is 9.19. The summed E-state index contributed by atoms with van der Waals surface area (Å²) in [6.07, 6.45) is 1.62. The summed E-state index contributed by atoms with van der Waals surface area (Å²) in [6.45, 7) is 0.454. The van der Waals surface area contributed by atoms with Crippen LogP contribution < -0.4 is 14.2 Å². The third-order valence-electron chi connectivity index (χ3n) is 5.30. The summed E-state index contributed by atoms with van der Waals surface area (Å²) in [4.78, 5) is 37.0. The quantitative estimate of drug-likeness (QED) is 0.176. The fourth-order valence-corrected chi connectivity index (χ4v) is 4.39. The van der Waals surface area contributed by atoms with E-state index in [0.717, 1.165) is 22.2 Å². The van der Waals surface area contributed by atoms with Gasteiger partial charge in [-0.15, -0.1) is 0 Å². The largest absolute Gasteiger partial charge is 0.493 e. The van der Waals surface area contributed by atoms with Gasteiger partial charge in [-0.2, -0.15) is 0 Å². The number of amides is 2. The van der Waals surface area contributed by atoms with E-state index >= 15 is 0 Å². The zero-order valence-electron chi connectivity index (χ0n) is 19.6. The first-order chi connectivity index (χ1) is 17.8. The number of benzene rings is 3. The van der Waals surface area contributed by atoms with Crippen molar-refractivity contribution in [3.8, 4) is 17.2 Å². The number of nitro benzene ring substituents is 1. The molecule has 0 radical (unpaired) electrons. The van der Waals surface area contributed by atoms with Gasteiger partial charge in [0.1, 0.15) is 19.0 Å². The minimum atomic E-state index is -0.462. The zero-order chi connectivity index (χ0) is 26.4. The lowest BCUT2D eigenvalue weighted by molar-refractivity contribution is -0.384. The molecule has 0 spiro atoms. The van der Waals surface area contributed by atoms with E-state index < -0.39 is 10.8 Å². The second kappa shape index (κ2) is 11.8. The zero-order valence-corrected chi connectivity index (χ0v) is 21.2. The van der Waals surface area contributed by atoms with Crippen molar-refractivity contribution in [2.45, 2.75) is 6.61 Å². The van der Waals surface area contributed by atoms with Gasteiger partial charge in [-0.1, -0.05) is 17.7 Å². The van der Waals surface area contributed by atoms with Crippen molar-refractivity contribution in [2.75, 3.05) is 20.3 Å². The predicted molar refractivity (Wildman–Crippen MR) is 140 cm³/mol. The number of ether oxygens (including phenoxy) is 3. The maximum absolute atomic E-state index is 12.8. The molecule has 190 valence electrons. The highest BCUT2D eigenvalue weighted by molar-refractivity contribution is 8.18. The van der Waals surface area contributed by atoms with E-state index in [1.54, 1.807) is 60.7 Å². The van der Waals surface area contributed by atoms with Gasteiger partial charge in [0.2, 0.25) is 0 Å². The number of rotatable bonds is 10. The SMILES string of the molecule is COc1cc(/C=C2\SC(=O)N(CCOc3ccc(Cl)cc3)C2=O)ccc1OCc1ccc([N+](=O)[O-])cc1. The number of nitro groups is 1. The Morgan fingerprint density at radius 3 is 2.41 bits per heavy atom. The van der Waals surface area contributed by atoms with E-state index in [9.17, 15) is 19.7 Å². The number of hydrogen-bond donors (Lipinski definition) is 0. The van der Waals surface area contributed by atoms with Crippen LogP contribution in [0.1, 0.15) is 11.1 Å². The summed E-state index contributed by atoms with van der Waals surface area (Å²) in [6, 6.07) is 18.0. The summed E-state index contributed by atoms with van der Waals surface area (Å²) in [7, 11) is 1.49. The molecule has 0 aromatic heterocycles. The number of imide groups is 1. The predicted octanol–water partition coefficient (Wildman–Crippen LogP) is 5.95. The maximum Gasteiger partial charge on any atom is 0.293 e. The van der Waals surface area contributed by atoms with Crippen LogP contribution in [0.2, 0.25) is 5.02 Å². The molecule has 1 aliphatic rings. The summed E-state index contributed by atoms with van der Waals surface area (Å²) in [5, 5.41) is 11.0. The Balaban J connectivity index is 1.38. The molecule has 0 unspecified atom stereocenters. The van der Waals surface area contributed by atoms with E-state index in [2.05, 4.69) is 0 Å². The molecular weight excluding hydrogens is 520 g/mol. The number of nitrogens with zero attached hydrogens (tertiary/aromatic N) is 2. The molecule has 1 aliphatic heterocycles. The standard InChI is InChI=1S/C26H21ClN2O7S/c1-34-23-14-18(4-11-22(23)36-16-17-2-7-20(8-3-17)29(32)33)15-24-25(30)28(26(31)37-24)12-13-35-21-9-5-19(27)6-10-21/h2-11,14-15H,12-13,16H2,1H3/b24-15-. The number of carbonyl (C=O) groups excluding carboxylic acids is 2. The van der Waals surface area contributed by atoms with Gasteiger partial charge < -0.3 is 14.2 Å². The van der Waals surface area contributed by atoms with Gasteiger partial charge >= 0.3 is 0 Å².